The molecule has 0 radical (unpaired) electrons. The van der Waals surface area contributed by atoms with Gasteiger partial charge in [-0.25, -0.2) is 0 Å². The van der Waals surface area contributed by atoms with E-state index in [1.165, 1.54) is 11.1 Å². The van der Waals surface area contributed by atoms with Crippen LogP contribution >= 0.6 is 0 Å². The summed E-state index contributed by atoms with van der Waals surface area (Å²) in [6, 6.07) is 6.11. The van der Waals surface area contributed by atoms with Gasteiger partial charge >= 0.3 is 0 Å². The first-order valence-corrected chi connectivity index (χ1v) is 6.82. The Balaban J connectivity index is 2.41. The molecule has 102 valence electrons. The minimum Gasteiger partial charge on any atom is -0.382 e. The molecule has 0 spiro atoms. The summed E-state index contributed by atoms with van der Waals surface area (Å²) in [5.74, 6) is 0. The second-order valence-electron chi connectivity index (χ2n) is 5.17. The maximum absolute atomic E-state index is 10.6. The third kappa shape index (κ3) is 2.71. The van der Waals surface area contributed by atoms with Gasteiger partial charge in [0.05, 0.1) is 5.69 Å². The summed E-state index contributed by atoms with van der Waals surface area (Å²) in [7, 11) is 0. The predicted molar refractivity (Wildman–Crippen MR) is 77.2 cm³/mol. The lowest BCUT2D eigenvalue weighted by molar-refractivity contribution is 0.206. The highest BCUT2D eigenvalue weighted by Crippen LogP contribution is 2.27. The van der Waals surface area contributed by atoms with Crippen LogP contribution in [0.5, 0.6) is 0 Å². The Bertz CT molecular complexity index is 572. The zero-order valence-electron chi connectivity index (χ0n) is 12.1. The first kappa shape index (κ1) is 13.8. The molecule has 3 nitrogen and oxygen atoms in total. The number of rotatable bonds is 4. The number of hydrogen-bond acceptors (Lipinski definition) is 2. The summed E-state index contributed by atoms with van der Waals surface area (Å²) >= 11 is 0. The molecule has 0 amide bonds. The Morgan fingerprint density at radius 2 is 1.84 bits per heavy atom. The van der Waals surface area contributed by atoms with Crippen molar-refractivity contribution in [3.8, 4) is 0 Å². The van der Waals surface area contributed by atoms with Crippen molar-refractivity contribution in [1.29, 1.82) is 0 Å². The SMILES string of the molecule is CCCn1nccc1C(O)c1cc(C)c(C)cc1C. The Morgan fingerprint density at radius 1 is 1.16 bits per heavy atom. The van der Waals surface area contributed by atoms with Gasteiger partial charge in [0.25, 0.3) is 0 Å². The quantitative estimate of drug-likeness (QED) is 0.913. The van der Waals surface area contributed by atoms with E-state index in [2.05, 4.69) is 38.0 Å². The van der Waals surface area contributed by atoms with E-state index in [4.69, 9.17) is 0 Å². The lowest BCUT2D eigenvalue weighted by Crippen LogP contribution is -2.11. The van der Waals surface area contributed by atoms with Crippen molar-refractivity contribution in [1.82, 2.24) is 9.78 Å². The lowest BCUT2D eigenvalue weighted by atomic mass is 9.96. The molecule has 1 aromatic carbocycles. The van der Waals surface area contributed by atoms with Gasteiger partial charge in [0, 0.05) is 12.7 Å². The summed E-state index contributed by atoms with van der Waals surface area (Å²) < 4.78 is 1.89. The number of aryl methyl sites for hydroxylation is 4. The van der Waals surface area contributed by atoms with Crippen molar-refractivity contribution in [2.75, 3.05) is 0 Å². The zero-order chi connectivity index (χ0) is 14.0. The number of aliphatic hydroxyl groups is 1. The van der Waals surface area contributed by atoms with Crippen molar-refractivity contribution < 1.29 is 5.11 Å². The largest absolute Gasteiger partial charge is 0.382 e. The number of benzene rings is 1. The molecule has 3 heteroatoms. The van der Waals surface area contributed by atoms with Gasteiger partial charge < -0.3 is 5.11 Å². The van der Waals surface area contributed by atoms with E-state index in [1.807, 2.05) is 17.7 Å². The van der Waals surface area contributed by atoms with Gasteiger partial charge in [-0.15, -0.1) is 0 Å². The fraction of sp³-hybridized carbons (Fsp3) is 0.438. The molecule has 19 heavy (non-hydrogen) atoms. The van der Waals surface area contributed by atoms with Crippen LogP contribution in [0.2, 0.25) is 0 Å². The molecule has 0 saturated heterocycles. The van der Waals surface area contributed by atoms with Crippen molar-refractivity contribution in [3.05, 3.63) is 52.3 Å². The summed E-state index contributed by atoms with van der Waals surface area (Å²) in [5.41, 5.74) is 5.44. The second kappa shape index (κ2) is 5.57. The molecule has 1 aromatic heterocycles. The molecular weight excluding hydrogens is 236 g/mol. The molecule has 1 atom stereocenters. The van der Waals surface area contributed by atoms with Crippen LogP contribution < -0.4 is 0 Å². The molecule has 0 saturated carbocycles. The van der Waals surface area contributed by atoms with E-state index in [-0.39, 0.29) is 0 Å². The normalized spacial score (nSPS) is 12.7. The Labute approximate surface area is 114 Å². The molecular formula is C16H22N2O. The fourth-order valence-electron chi connectivity index (χ4n) is 2.41. The highest BCUT2D eigenvalue weighted by Gasteiger charge is 2.17. The van der Waals surface area contributed by atoms with Crippen molar-refractivity contribution >= 4 is 0 Å². The maximum atomic E-state index is 10.6. The summed E-state index contributed by atoms with van der Waals surface area (Å²) in [6.45, 7) is 9.17. The van der Waals surface area contributed by atoms with Crippen LogP contribution in [-0.2, 0) is 6.54 Å². The van der Waals surface area contributed by atoms with Crippen LogP contribution in [0, 0.1) is 20.8 Å². The molecule has 1 heterocycles. The van der Waals surface area contributed by atoms with Crippen LogP contribution in [0.25, 0.3) is 0 Å². The van der Waals surface area contributed by atoms with E-state index in [0.29, 0.717) is 0 Å². The summed E-state index contributed by atoms with van der Waals surface area (Å²) in [6.07, 6.45) is 2.16. The molecule has 0 bridgehead atoms. The van der Waals surface area contributed by atoms with Crippen molar-refractivity contribution in [2.45, 2.75) is 46.8 Å². The number of hydrogen-bond donors (Lipinski definition) is 1. The van der Waals surface area contributed by atoms with Crippen molar-refractivity contribution in [3.63, 3.8) is 0 Å². The van der Waals surface area contributed by atoms with E-state index in [0.717, 1.165) is 29.8 Å². The fourth-order valence-corrected chi connectivity index (χ4v) is 2.41. The number of aromatic nitrogens is 2. The first-order chi connectivity index (χ1) is 9.04. The minimum absolute atomic E-state index is 0.603. The smallest absolute Gasteiger partial charge is 0.121 e. The molecule has 0 aliphatic heterocycles. The second-order valence-corrected chi connectivity index (χ2v) is 5.17. The molecule has 0 aliphatic carbocycles. The molecule has 0 fully saturated rings. The Kier molecular flexibility index (Phi) is 4.05. The summed E-state index contributed by atoms with van der Waals surface area (Å²) in [5, 5.41) is 14.9. The van der Waals surface area contributed by atoms with E-state index in [9.17, 15) is 5.11 Å². The maximum Gasteiger partial charge on any atom is 0.121 e. The van der Waals surface area contributed by atoms with Gasteiger partial charge in [0.2, 0.25) is 0 Å². The van der Waals surface area contributed by atoms with E-state index < -0.39 is 6.10 Å². The minimum atomic E-state index is -0.603. The van der Waals surface area contributed by atoms with E-state index in [1.54, 1.807) is 6.20 Å². The highest BCUT2D eigenvalue weighted by molar-refractivity contribution is 5.40. The number of nitrogens with zero attached hydrogens (tertiary/aromatic N) is 2. The van der Waals surface area contributed by atoms with Crippen LogP contribution in [0.4, 0.5) is 0 Å². The molecule has 2 rings (SSSR count). The van der Waals surface area contributed by atoms with Gasteiger partial charge in [-0.3, -0.25) is 4.68 Å². The molecule has 2 aromatic rings. The lowest BCUT2D eigenvalue weighted by Gasteiger charge is -2.17. The van der Waals surface area contributed by atoms with Gasteiger partial charge in [-0.1, -0.05) is 19.1 Å². The van der Waals surface area contributed by atoms with Crippen LogP contribution in [-0.4, -0.2) is 14.9 Å². The summed E-state index contributed by atoms with van der Waals surface area (Å²) in [4.78, 5) is 0. The topological polar surface area (TPSA) is 38.0 Å². The standard InChI is InChI=1S/C16H22N2O/c1-5-8-18-15(6-7-17-18)16(19)14-10-12(3)11(2)9-13(14)4/h6-7,9-10,16,19H,5,8H2,1-4H3. The Hall–Kier alpha value is -1.61. The molecule has 0 aliphatic rings. The van der Waals surface area contributed by atoms with Gasteiger partial charge in [-0.2, -0.15) is 5.10 Å². The van der Waals surface area contributed by atoms with Gasteiger partial charge in [0.1, 0.15) is 6.10 Å². The number of aliphatic hydroxyl groups excluding tert-OH is 1. The Morgan fingerprint density at radius 3 is 2.53 bits per heavy atom. The first-order valence-electron chi connectivity index (χ1n) is 6.82. The van der Waals surface area contributed by atoms with Gasteiger partial charge in [0.15, 0.2) is 0 Å². The van der Waals surface area contributed by atoms with Crippen molar-refractivity contribution in [2.24, 2.45) is 0 Å². The van der Waals surface area contributed by atoms with Crippen LogP contribution in [0.3, 0.4) is 0 Å². The molecule has 1 unspecified atom stereocenters. The third-order valence-corrected chi connectivity index (χ3v) is 3.64. The van der Waals surface area contributed by atoms with Gasteiger partial charge in [-0.05, 0) is 55.5 Å². The molecule has 1 N–H and O–H groups in total. The highest BCUT2D eigenvalue weighted by atomic mass is 16.3. The van der Waals surface area contributed by atoms with E-state index >= 15 is 0 Å². The average molecular weight is 258 g/mol. The predicted octanol–water partition coefficient (Wildman–Crippen LogP) is 3.30. The zero-order valence-corrected chi connectivity index (χ0v) is 12.1. The monoisotopic (exact) mass is 258 g/mol. The van der Waals surface area contributed by atoms with Crippen LogP contribution in [0.15, 0.2) is 24.4 Å². The average Bonchev–Trinajstić information content (AvgIpc) is 2.82. The van der Waals surface area contributed by atoms with Crippen LogP contribution in [0.1, 0.15) is 47.4 Å². The third-order valence-electron chi connectivity index (χ3n) is 3.64.